The van der Waals surface area contributed by atoms with Crippen molar-refractivity contribution in [3.05, 3.63) is 53.8 Å². The van der Waals surface area contributed by atoms with Gasteiger partial charge in [0.05, 0.1) is 7.11 Å². The number of rotatable bonds is 4. The fourth-order valence-corrected chi connectivity index (χ4v) is 3.33. The van der Waals surface area contributed by atoms with Crippen molar-refractivity contribution in [1.82, 2.24) is 5.32 Å². The van der Waals surface area contributed by atoms with Crippen LogP contribution in [0.1, 0.15) is 28.5 Å². The molecule has 1 aliphatic heterocycles. The minimum Gasteiger partial charge on any atom is -0.493 e. The molecule has 1 aliphatic rings. The maximum Gasteiger partial charge on any atom is 0.371 e. The van der Waals surface area contributed by atoms with Crippen molar-refractivity contribution in [2.45, 2.75) is 12.3 Å². The number of carbonyl (C=O) groups excluding carboxylic acids is 1. The van der Waals surface area contributed by atoms with Crippen LogP contribution in [0.5, 0.6) is 5.75 Å². The van der Waals surface area contributed by atoms with E-state index < -0.39 is 5.97 Å². The van der Waals surface area contributed by atoms with Gasteiger partial charge in [0, 0.05) is 24.3 Å². The largest absolute Gasteiger partial charge is 0.493 e. The van der Waals surface area contributed by atoms with E-state index in [1.165, 1.54) is 13.2 Å². The highest BCUT2D eigenvalue weighted by atomic mass is 16.5. The predicted molar refractivity (Wildman–Crippen MR) is 95.5 cm³/mol. The summed E-state index contributed by atoms with van der Waals surface area (Å²) in [4.78, 5) is 22.5. The van der Waals surface area contributed by atoms with Gasteiger partial charge < -0.3 is 19.6 Å². The average Bonchev–Trinajstić information content (AvgIpc) is 3.27. The highest BCUT2D eigenvalue weighted by Crippen LogP contribution is 2.35. The molecule has 6 nitrogen and oxygen atoms in total. The van der Waals surface area contributed by atoms with Crippen LogP contribution in [0.25, 0.3) is 22.1 Å². The molecule has 1 saturated heterocycles. The number of hydrogen-bond acceptors (Lipinski definition) is 4. The summed E-state index contributed by atoms with van der Waals surface area (Å²) < 4.78 is 10.7. The summed E-state index contributed by atoms with van der Waals surface area (Å²) >= 11 is 0. The van der Waals surface area contributed by atoms with Crippen LogP contribution in [-0.2, 0) is 4.79 Å². The van der Waals surface area contributed by atoms with E-state index in [-0.39, 0.29) is 17.6 Å². The smallest absolute Gasteiger partial charge is 0.371 e. The lowest BCUT2D eigenvalue weighted by atomic mass is 9.95. The van der Waals surface area contributed by atoms with Crippen molar-refractivity contribution in [2.75, 3.05) is 13.7 Å². The van der Waals surface area contributed by atoms with Gasteiger partial charge in [-0.25, -0.2) is 4.79 Å². The number of carbonyl (C=O) groups is 2. The van der Waals surface area contributed by atoms with Gasteiger partial charge in [0.2, 0.25) is 11.7 Å². The Morgan fingerprint density at radius 2 is 1.96 bits per heavy atom. The summed E-state index contributed by atoms with van der Waals surface area (Å²) in [5, 5.41) is 12.6. The van der Waals surface area contributed by atoms with Crippen molar-refractivity contribution in [2.24, 2.45) is 0 Å². The highest BCUT2D eigenvalue weighted by Gasteiger charge is 2.23. The molecular formula is C20H17NO5. The van der Waals surface area contributed by atoms with Gasteiger partial charge >= 0.3 is 5.97 Å². The number of aromatic carboxylic acids is 1. The minimum atomic E-state index is -1.12. The fraction of sp³-hybridized carbons (Fsp3) is 0.200. The molecule has 2 N–H and O–H groups in total. The molecule has 132 valence electrons. The van der Waals surface area contributed by atoms with Crippen LogP contribution in [0.3, 0.4) is 0 Å². The van der Waals surface area contributed by atoms with Gasteiger partial charge in [0.15, 0.2) is 11.3 Å². The number of benzene rings is 2. The number of methoxy groups -OCH3 is 1. The Bertz CT molecular complexity index is 1000. The Labute approximate surface area is 149 Å². The van der Waals surface area contributed by atoms with Crippen LogP contribution in [0.15, 0.2) is 46.9 Å². The van der Waals surface area contributed by atoms with E-state index in [1.807, 2.05) is 36.4 Å². The number of ether oxygens (including phenoxy) is 1. The number of amides is 1. The summed E-state index contributed by atoms with van der Waals surface area (Å²) in [6, 6.07) is 13.2. The molecule has 4 rings (SSSR count). The molecule has 2 heterocycles. The summed E-state index contributed by atoms with van der Waals surface area (Å²) in [5.74, 6) is -0.457. The first-order valence-electron chi connectivity index (χ1n) is 8.27. The van der Waals surface area contributed by atoms with Crippen molar-refractivity contribution >= 4 is 22.8 Å². The third-order valence-electron chi connectivity index (χ3n) is 4.71. The van der Waals surface area contributed by atoms with Gasteiger partial charge in [-0.1, -0.05) is 24.3 Å². The number of hydrogen-bond donors (Lipinski definition) is 2. The van der Waals surface area contributed by atoms with Crippen LogP contribution >= 0.6 is 0 Å². The summed E-state index contributed by atoms with van der Waals surface area (Å²) in [7, 11) is 1.52. The number of fused-ring (bicyclic) bond motifs is 1. The SMILES string of the molecule is COc1cc(-c2ccc(C3CNC(=O)C3)cc2)cc2cc(C(=O)O)oc12. The maximum absolute atomic E-state index is 11.4. The normalized spacial score (nSPS) is 16.7. The van der Waals surface area contributed by atoms with Crippen LogP contribution in [0.4, 0.5) is 0 Å². The zero-order valence-electron chi connectivity index (χ0n) is 14.1. The lowest BCUT2D eigenvalue weighted by Crippen LogP contribution is -2.13. The molecular weight excluding hydrogens is 334 g/mol. The van der Waals surface area contributed by atoms with Gasteiger partial charge in [-0.15, -0.1) is 0 Å². The lowest BCUT2D eigenvalue weighted by Gasteiger charge is -2.10. The second-order valence-corrected chi connectivity index (χ2v) is 6.34. The topological polar surface area (TPSA) is 88.8 Å². The van der Waals surface area contributed by atoms with Gasteiger partial charge in [-0.2, -0.15) is 0 Å². The molecule has 0 bridgehead atoms. The third kappa shape index (κ3) is 2.79. The molecule has 0 radical (unpaired) electrons. The second kappa shape index (κ2) is 6.22. The number of carboxylic acid groups (broad SMARTS) is 1. The minimum absolute atomic E-state index is 0.0865. The van der Waals surface area contributed by atoms with Crippen molar-refractivity contribution in [1.29, 1.82) is 0 Å². The van der Waals surface area contributed by atoms with E-state index in [9.17, 15) is 9.59 Å². The number of carboxylic acids is 1. The summed E-state index contributed by atoms with van der Waals surface area (Å²) in [6.07, 6.45) is 0.520. The molecule has 0 saturated carbocycles. The molecule has 1 aromatic heterocycles. The predicted octanol–water partition coefficient (Wildman–Crippen LogP) is 3.41. The maximum atomic E-state index is 11.4. The first-order valence-corrected chi connectivity index (χ1v) is 8.27. The Morgan fingerprint density at radius 3 is 2.58 bits per heavy atom. The fourth-order valence-electron chi connectivity index (χ4n) is 3.33. The van der Waals surface area contributed by atoms with E-state index in [0.29, 0.717) is 29.7 Å². The van der Waals surface area contributed by atoms with Crippen molar-refractivity contribution in [3.8, 4) is 16.9 Å². The average molecular weight is 351 g/mol. The van der Waals surface area contributed by atoms with Crippen LogP contribution in [-0.4, -0.2) is 30.6 Å². The highest BCUT2D eigenvalue weighted by molar-refractivity contribution is 5.95. The summed E-state index contributed by atoms with van der Waals surface area (Å²) in [6.45, 7) is 0.672. The third-order valence-corrected chi connectivity index (χ3v) is 4.71. The molecule has 1 unspecified atom stereocenters. The first kappa shape index (κ1) is 16.2. The van der Waals surface area contributed by atoms with E-state index in [0.717, 1.165) is 16.7 Å². The van der Waals surface area contributed by atoms with E-state index in [4.69, 9.17) is 14.3 Å². The van der Waals surface area contributed by atoms with Crippen molar-refractivity contribution in [3.63, 3.8) is 0 Å². The standard InChI is InChI=1S/C20H17NO5/c1-25-16-7-13(6-14-8-17(20(23)24)26-19(14)16)11-2-4-12(5-3-11)15-9-18(22)21-10-15/h2-8,15H,9-10H2,1H3,(H,21,22)(H,23,24). The van der Waals surface area contributed by atoms with E-state index >= 15 is 0 Å². The van der Waals surface area contributed by atoms with Gasteiger partial charge in [-0.05, 0) is 34.9 Å². The van der Waals surface area contributed by atoms with Gasteiger partial charge in [-0.3, -0.25) is 4.79 Å². The zero-order chi connectivity index (χ0) is 18.3. The molecule has 1 fully saturated rings. The molecule has 2 aromatic carbocycles. The Balaban J connectivity index is 1.71. The van der Waals surface area contributed by atoms with Crippen LogP contribution < -0.4 is 10.1 Å². The van der Waals surface area contributed by atoms with Crippen LogP contribution in [0.2, 0.25) is 0 Å². The lowest BCUT2D eigenvalue weighted by molar-refractivity contribution is -0.119. The molecule has 0 aliphatic carbocycles. The molecule has 6 heteroatoms. The quantitative estimate of drug-likeness (QED) is 0.752. The summed E-state index contributed by atoms with van der Waals surface area (Å²) in [5.41, 5.74) is 3.42. The molecule has 3 aromatic rings. The molecule has 1 amide bonds. The number of furan rings is 1. The molecule has 1 atom stereocenters. The number of nitrogens with one attached hydrogen (secondary N) is 1. The van der Waals surface area contributed by atoms with Gasteiger partial charge in [0.1, 0.15) is 0 Å². The zero-order valence-corrected chi connectivity index (χ0v) is 14.1. The Morgan fingerprint density at radius 1 is 1.19 bits per heavy atom. The first-order chi connectivity index (χ1) is 12.5. The second-order valence-electron chi connectivity index (χ2n) is 6.34. The monoisotopic (exact) mass is 351 g/mol. The molecule has 26 heavy (non-hydrogen) atoms. The van der Waals surface area contributed by atoms with Crippen molar-refractivity contribution < 1.29 is 23.8 Å². The Hall–Kier alpha value is -3.28. The molecule has 0 spiro atoms. The van der Waals surface area contributed by atoms with Crippen LogP contribution in [0, 0.1) is 0 Å². The van der Waals surface area contributed by atoms with E-state index in [1.54, 1.807) is 0 Å². The van der Waals surface area contributed by atoms with E-state index in [2.05, 4.69) is 5.32 Å². The Kier molecular flexibility index (Phi) is 3.88. The van der Waals surface area contributed by atoms with Gasteiger partial charge in [0.25, 0.3) is 0 Å².